The van der Waals surface area contributed by atoms with E-state index >= 15 is 0 Å². The number of hydrogen-bond donors (Lipinski definition) is 0. The molecule has 0 aromatic rings. The van der Waals surface area contributed by atoms with Crippen LogP contribution in [0.2, 0.25) is 0 Å². The van der Waals surface area contributed by atoms with Crippen molar-refractivity contribution in [1.29, 1.82) is 0 Å². The molecule has 0 unspecified atom stereocenters. The van der Waals surface area contributed by atoms with Gasteiger partial charge in [0.05, 0.1) is 0 Å². The summed E-state index contributed by atoms with van der Waals surface area (Å²) in [5.74, 6) is 0. The Labute approximate surface area is 85.5 Å². The third-order valence-electron chi connectivity index (χ3n) is 0. The second-order valence-corrected chi connectivity index (χ2v) is 0.577. The van der Waals surface area contributed by atoms with E-state index in [4.69, 9.17) is 10.2 Å². The van der Waals surface area contributed by atoms with Gasteiger partial charge < -0.3 is 10.2 Å². The second kappa shape index (κ2) is 225. The molecule has 0 amide bonds. The summed E-state index contributed by atoms with van der Waals surface area (Å²) < 4.78 is 0. The molecule has 0 bridgehead atoms. The van der Waals surface area contributed by atoms with E-state index in [0.717, 1.165) is 14.2 Å². The Morgan fingerprint density at radius 1 is 0.909 bits per heavy atom. The SMILES string of the molecule is C=C[CH2-].C=C[CH2-].C[O-].C[O-].[Ti+4]. The summed E-state index contributed by atoms with van der Waals surface area (Å²) in [5.41, 5.74) is 0. The van der Waals surface area contributed by atoms with Crippen LogP contribution in [-0.4, -0.2) is 14.2 Å². The van der Waals surface area contributed by atoms with Crippen LogP contribution in [0.1, 0.15) is 0 Å². The molecule has 0 aliphatic heterocycles. The summed E-state index contributed by atoms with van der Waals surface area (Å²) in [4.78, 5) is 0. The molecule has 64 valence electrons. The molecule has 0 fully saturated rings. The van der Waals surface area contributed by atoms with Crippen molar-refractivity contribution >= 4 is 0 Å². The summed E-state index contributed by atoms with van der Waals surface area (Å²) in [6.07, 6.45) is 3.00. The molecule has 0 rings (SSSR count). The molecule has 0 aliphatic rings. The van der Waals surface area contributed by atoms with Gasteiger partial charge in [-0.25, -0.2) is 39.2 Å². The van der Waals surface area contributed by atoms with Gasteiger partial charge in [-0.3, -0.25) is 0 Å². The quantitative estimate of drug-likeness (QED) is 0.399. The van der Waals surface area contributed by atoms with Gasteiger partial charge in [0.1, 0.15) is 0 Å². The maximum absolute atomic E-state index is 8.25. The topological polar surface area (TPSA) is 46.1 Å². The van der Waals surface area contributed by atoms with Gasteiger partial charge in [0.25, 0.3) is 0 Å². The summed E-state index contributed by atoms with van der Waals surface area (Å²) in [6, 6.07) is 0. The summed E-state index contributed by atoms with van der Waals surface area (Å²) in [7, 11) is 1.50. The monoisotopic (exact) mass is 192 g/mol. The van der Waals surface area contributed by atoms with Gasteiger partial charge in [-0.1, -0.05) is 0 Å². The van der Waals surface area contributed by atoms with Crippen molar-refractivity contribution < 1.29 is 31.9 Å². The van der Waals surface area contributed by atoms with Crippen LogP contribution in [-0.2, 0) is 21.7 Å². The van der Waals surface area contributed by atoms with Crippen molar-refractivity contribution in [2.75, 3.05) is 14.2 Å². The van der Waals surface area contributed by atoms with Gasteiger partial charge in [0.15, 0.2) is 0 Å². The third-order valence-corrected chi connectivity index (χ3v) is 0. The van der Waals surface area contributed by atoms with Gasteiger partial charge in [0, 0.05) is 0 Å². The molecule has 0 spiro atoms. The molecule has 0 radical (unpaired) electrons. The first kappa shape index (κ1) is 30.8. The predicted molar refractivity (Wildman–Crippen MR) is 43.0 cm³/mol. The average Bonchev–Trinajstić information content (AvgIpc) is 1.99. The zero-order chi connectivity index (χ0) is 9.41. The van der Waals surface area contributed by atoms with E-state index in [-0.39, 0.29) is 21.7 Å². The Morgan fingerprint density at radius 3 is 0.909 bits per heavy atom. The number of allylic oxidation sites excluding steroid dienone is 2. The second-order valence-electron chi connectivity index (χ2n) is 0.577. The Balaban J connectivity index is -0.0000000144. The summed E-state index contributed by atoms with van der Waals surface area (Å²) in [6.45, 7) is 13.0. The van der Waals surface area contributed by atoms with E-state index in [9.17, 15) is 0 Å². The van der Waals surface area contributed by atoms with Gasteiger partial charge in [0.2, 0.25) is 0 Å². The van der Waals surface area contributed by atoms with Crippen LogP contribution in [0.3, 0.4) is 0 Å². The molecule has 0 saturated carbocycles. The Hall–Kier alpha value is -0.146. The summed E-state index contributed by atoms with van der Waals surface area (Å²) >= 11 is 0. The maximum atomic E-state index is 8.25. The fourth-order valence-corrected chi connectivity index (χ4v) is 0. The van der Waals surface area contributed by atoms with E-state index in [1.165, 1.54) is 12.2 Å². The smallest absolute Gasteiger partial charge is 0.857 e. The maximum Gasteiger partial charge on any atom is 4.00 e. The third kappa shape index (κ3) is 28600. The first-order chi connectivity index (χ1) is 4.83. The first-order valence-electron chi connectivity index (χ1n) is 2.45. The number of hydrogen-bond acceptors (Lipinski definition) is 2. The molecule has 0 aromatic heterocycles. The van der Waals surface area contributed by atoms with Crippen LogP contribution in [0.5, 0.6) is 0 Å². The van der Waals surface area contributed by atoms with E-state index in [1.807, 2.05) is 0 Å². The molecular weight excluding hydrogens is 176 g/mol. The van der Waals surface area contributed by atoms with Crippen molar-refractivity contribution in [1.82, 2.24) is 0 Å². The van der Waals surface area contributed by atoms with Crippen LogP contribution < -0.4 is 10.2 Å². The van der Waals surface area contributed by atoms with Gasteiger partial charge >= 0.3 is 21.7 Å². The minimum absolute atomic E-state index is 0. The summed E-state index contributed by atoms with van der Waals surface area (Å²) in [5, 5.41) is 16.5. The van der Waals surface area contributed by atoms with E-state index in [0.29, 0.717) is 0 Å². The molecule has 3 heteroatoms. The van der Waals surface area contributed by atoms with Crippen molar-refractivity contribution in [2.24, 2.45) is 0 Å². The molecule has 11 heavy (non-hydrogen) atoms. The van der Waals surface area contributed by atoms with Gasteiger partial charge in [-0.05, 0) is 0 Å². The normalized spacial score (nSPS) is 3.27. The fraction of sp³-hybridized carbons (Fsp3) is 0.250. The van der Waals surface area contributed by atoms with Crippen LogP contribution in [0, 0.1) is 13.8 Å². The Bertz CT molecular complexity index is 33.1. The molecule has 0 saturated heterocycles. The molecule has 2 nitrogen and oxygen atoms in total. The van der Waals surface area contributed by atoms with Crippen molar-refractivity contribution in [2.45, 2.75) is 0 Å². The van der Waals surface area contributed by atoms with Crippen molar-refractivity contribution in [3.8, 4) is 0 Å². The van der Waals surface area contributed by atoms with Crippen LogP contribution in [0.25, 0.3) is 0 Å². The van der Waals surface area contributed by atoms with Crippen LogP contribution in [0.4, 0.5) is 0 Å². The minimum atomic E-state index is 0. The van der Waals surface area contributed by atoms with E-state index in [2.05, 4.69) is 27.0 Å². The molecule has 0 heterocycles. The molecule has 0 aromatic carbocycles. The minimum Gasteiger partial charge on any atom is -0.857 e. The predicted octanol–water partition coefficient (Wildman–Crippen LogP) is -0.0365. The average molecular weight is 192 g/mol. The standard InChI is InChI=1S/2C3H5.2CH3O.Ti/c2*1-3-2;2*1-2;/h2*3H,1-2H2;2*1H3;/q4*-1;+4. The van der Waals surface area contributed by atoms with E-state index < -0.39 is 0 Å². The largest absolute Gasteiger partial charge is 4.00 e. The van der Waals surface area contributed by atoms with Crippen LogP contribution >= 0.6 is 0 Å². The molecular formula is C8H16O2Ti. The number of rotatable bonds is 0. The zero-order valence-corrected chi connectivity index (χ0v) is 8.86. The van der Waals surface area contributed by atoms with Gasteiger partial charge in [-0.2, -0.15) is 14.2 Å². The fourth-order valence-electron chi connectivity index (χ4n) is 0. The molecule has 0 N–H and O–H groups in total. The zero-order valence-electron chi connectivity index (χ0n) is 7.30. The van der Waals surface area contributed by atoms with Gasteiger partial charge in [-0.15, -0.1) is 0 Å². The Kier molecular flexibility index (Phi) is 628. The molecule has 0 aliphatic carbocycles. The van der Waals surface area contributed by atoms with Crippen molar-refractivity contribution in [3.63, 3.8) is 0 Å². The van der Waals surface area contributed by atoms with Crippen LogP contribution in [0.15, 0.2) is 25.3 Å². The first-order valence-corrected chi connectivity index (χ1v) is 2.45. The van der Waals surface area contributed by atoms with Crippen molar-refractivity contribution in [3.05, 3.63) is 39.2 Å². The molecule has 0 atom stereocenters. The van der Waals surface area contributed by atoms with E-state index in [1.54, 1.807) is 0 Å². The Morgan fingerprint density at radius 2 is 0.909 bits per heavy atom.